The van der Waals surface area contributed by atoms with Crippen LogP contribution < -0.4 is 5.32 Å². The second-order valence-electron chi connectivity index (χ2n) is 11.1. The fraction of sp³-hybridized carbons (Fsp3) is 0.448. The number of hydrogen-bond acceptors (Lipinski definition) is 6. The first kappa shape index (κ1) is 26.7. The summed E-state index contributed by atoms with van der Waals surface area (Å²) in [4.78, 5) is 20.0. The molecule has 1 aromatic carbocycles. The van der Waals surface area contributed by atoms with E-state index in [-0.39, 0.29) is 44.8 Å². The number of benzene rings is 1. The smallest absolute Gasteiger partial charge is 0.270 e. The average Bonchev–Trinajstić information content (AvgIpc) is 3.26. The topological polar surface area (TPSA) is 111 Å². The summed E-state index contributed by atoms with van der Waals surface area (Å²) in [6, 6.07) is 11.5. The molecule has 38 heavy (non-hydrogen) atoms. The van der Waals surface area contributed by atoms with E-state index in [1.54, 1.807) is 11.1 Å². The normalized spacial score (nSPS) is 18.2. The highest BCUT2D eigenvalue weighted by Gasteiger charge is 2.41. The summed E-state index contributed by atoms with van der Waals surface area (Å²) >= 11 is 6.53. The minimum absolute atomic E-state index is 0.182. The number of carbonyl (C=O) groups excluding carboxylic acids is 1. The number of aliphatic hydroxyl groups excluding tert-OH is 2. The van der Waals surface area contributed by atoms with Gasteiger partial charge in [0.15, 0.2) is 0 Å². The van der Waals surface area contributed by atoms with Gasteiger partial charge in [-0.2, -0.15) is 0 Å². The Morgan fingerprint density at radius 3 is 2.53 bits per heavy atom. The van der Waals surface area contributed by atoms with Crippen molar-refractivity contribution in [3.63, 3.8) is 0 Å². The van der Waals surface area contributed by atoms with Crippen LogP contribution in [0.5, 0.6) is 0 Å². The summed E-state index contributed by atoms with van der Waals surface area (Å²) in [6.45, 7) is 4.18. The van der Waals surface area contributed by atoms with E-state index in [0.29, 0.717) is 29.4 Å². The number of carbonyl (C=O) groups is 1. The van der Waals surface area contributed by atoms with E-state index in [1.165, 1.54) is 0 Å². The van der Waals surface area contributed by atoms with E-state index in [2.05, 4.69) is 10.3 Å². The summed E-state index contributed by atoms with van der Waals surface area (Å²) in [7, 11) is 0. The van der Waals surface area contributed by atoms with Crippen molar-refractivity contribution < 1.29 is 20.1 Å². The fourth-order valence-corrected chi connectivity index (χ4v) is 5.74. The lowest BCUT2D eigenvalue weighted by Gasteiger charge is -2.39. The van der Waals surface area contributed by atoms with Crippen molar-refractivity contribution in [2.24, 2.45) is 5.41 Å². The lowest BCUT2D eigenvalue weighted by atomic mass is 9.73. The third-order valence-electron chi connectivity index (χ3n) is 7.77. The summed E-state index contributed by atoms with van der Waals surface area (Å²) in [5, 5.41) is 35.6. The lowest BCUT2D eigenvalue weighted by Crippen LogP contribution is -2.45. The van der Waals surface area contributed by atoms with Crippen LogP contribution in [-0.2, 0) is 18.7 Å². The van der Waals surface area contributed by atoms with Gasteiger partial charge in [0.1, 0.15) is 11.5 Å². The van der Waals surface area contributed by atoms with Gasteiger partial charge in [-0.25, -0.2) is 4.98 Å². The van der Waals surface area contributed by atoms with E-state index in [9.17, 15) is 20.1 Å². The van der Waals surface area contributed by atoms with Gasteiger partial charge in [-0.1, -0.05) is 35.9 Å². The van der Waals surface area contributed by atoms with Crippen LogP contribution in [0.4, 0.5) is 5.82 Å². The van der Waals surface area contributed by atoms with E-state index in [1.807, 2.05) is 61.0 Å². The van der Waals surface area contributed by atoms with E-state index in [0.717, 1.165) is 28.7 Å². The zero-order chi connectivity index (χ0) is 27.1. The standard InChI is InChI=1S/C29H35ClN4O4/c1-19(2)32-26-11-22(24(30)12-31-26)21-10-25-27(37)34(16-28(17-35,18-36)15-33(25)14-21)13-20-6-3-4-7-23(20)29(38)8-5-9-29/h3-4,6-7,10-12,14,19,35-36,38H,5,8-9,13,15-18H2,1-2H3,(H,31,32). The zero-order valence-corrected chi connectivity index (χ0v) is 22.6. The maximum absolute atomic E-state index is 14.0. The van der Waals surface area contributed by atoms with Crippen LogP contribution >= 0.6 is 11.6 Å². The Morgan fingerprint density at radius 2 is 1.87 bits per heavy atom. The highest BCUT2D eigenvalue weighted by Crippen LogP contribution is 2.43. The molecule has 2 aromatic heterocycles. The monoisotopic (exact) mass is 538 g/mol. The van der Waals surface area contributed by atoms with E-state index in [4.69, 9.17) is 11.6 Å². The molecule has 0 bridgehead atoms. The Labute approximate surface area is 227 Å². The van der Waals surface area contributed by atoms with Crippen molar-refractivity contribution in [1.82, 2.24) is 14.5 Å². The molecule has 8 nitrogen and oxygen atoms in total. The molecule has 202 valence electrons. The Kier molecular flexibility index (Phi) is 7.26. The van der Waals surface area contributed by atoms with Crippen LogP contribution in [0.2, 0.25) is 5.02 Å². The molecular weight excluding hydrogens is 504 g/mol. The molecule has 9 heteroatoms. The van der Waals surface area contributed by atoms with Crippen LogP contribution in [0, 0.1) is 5.41 Å². The first-order valence-corrected chi connectivity index (χ1v) is 13.5. The molecule has 5 rings (SSSR count). The Hall–Kier alpha value is -2.91. The van der Waals surface area contributed by atoms with Crippen LogP contribution in [-0.4, -0.2) is 61.5 Å². The van der Waals surface area contributed by atoms with E-state index >= 15 is 0 Å². The average molecular weight is 539 g/mol. The minimum Gasteiger partial charge on any atom is -0.396 e. The molecule has 0 spiro atoms. The van der Waals surface area contributed by atoms with Crippen molar-refractivity contribution >= 4 is 23.3 Å². The Balaban J connectivity index is 1.54. The van der Waals surface area contributed by atoms with E-state index < -0.39 is 11.0 Å². The van der Waals surface area contributed by atoms with Crippen molar-refractivity contribution in [2.45, 2.75) is 57.8 Å². The Morgan fingerprint density at radius 1 is 1.13 bits per heavy atom. The largest absolute Gasteiger partial charge is 0.396 e. The number of aliphatic hydroxyl groups is 3. The van der Waals surface area contributed by atoms with Crippen LogP contribution in [0.3, 0.4) is 0 Å². The molecule has 2 aliphatic rings. The third kappa shape index (κ3) is 4.94. The van der Waals surface area contributed by atoms with Crippen molar-refractivity contribution in [3.8, 4) is 11.1 Å². The number of hydrogen-bond donors (Lipinski definition) is 4. The molecule has 0 saturated heterocycles. The van der Waals surface area contributed by atoms with Gasteiger partial charge in [0.05, 0.1) is 29.3 Å². The molecule has 1 aliphatic heterocycles. The molecule has 0 radical (unpaired) electrons. The number of rotatable bonds is 8. The number of halogens is 1. The molecule has 3 heterocycles. The summed E-state index contributed by atoms with van der Waals surface area (Å²) < 4.78 is 1.81. The summed E-state index contributed by atoms with van der Waals surface area (Å²) in [5.74, 6) is 0.473. The predicted molar refractivity (Wildman–Crippen MR) is 147 cm³/mol. The highest BCUT2D eigenvalue weighted by atomic mass is 35.5. The number of nitrogens with one attached hydrogen (secondary N) is 1. The van der Waals surface area contributed by atoms with Gasteiger partial charge in [-0.3, -0.25) is 4.79 Å². The SMILES string of the molecule is CC(C)Nc1cc(-c2cc3n(c2)CC(CO)(CO)CN(Cc2ccccc2C2(O)CCC2)C3=O)c(Cl)cn1. The van der Waals surface area contributed by atoms with Gasteiger partial charge in [0.2, 0.25) is 0 Å². The fourth-order valence-electron chi connectivity index (χ4n) is 5.53. The molecule has 0 atom stereocenters. The number of anilines is 1. The van der Waals surface area contributed by atoms with Crippen LogP contribution in [0.25, 0.3) is 11.1 Å². The van der Waals surface area contributed by atoms with Gasteiger partial charge in [-0.15, -0.1) is 0 Å². The van der Waals surface area contributed by atoms with Crippen molar-refractivity contribution in [3.05, 3.63) is 70.6 Å². The predicted octanol–water partition coefficient (Wildman–Crippen LogP) is 4.02. The first-order valence-electron chi connectivity index (χ1n) is 13.1. The molecule has 1 aliphatic carbocycles. The first-order chi connectivity index (χ1) is 18.2. The van der Waals surface area contributed by atoms with Crippen molar-refractivity contribution in [1.29, 1.82) is 0 Å². The van der Waals surface area contributed by atoms with Gasteiger partial charge in [-0.05, 0) is 56.4 Å². The van der Waals surface area contributed by atoms with Gasteiger partial charge in [0.25, 0.3) is 5.91 Å². The molecule has 4 N–H and O–H groups in total. The molecular formula is C29H35ClN4O4. The second kappa shape index (κ2) is 10.3. The summed E-state index contributed by atoms with van der Waals surface area (Å²) in [5.41, 5.74) is 1.84. The molecule has 1 saturated carbocycles. The van der Waals surface area contributed by atoms with Gasteiger partial charge < -0.3 is 30.1 Å². The van der Waals surface area contributed by atoms with Crippen molar-refractivity contribution in [2.75, 3.05) is 25.1 Å². The molecule has 3 aromatic rings. The molecule has 1 amide bonds. The number of pyridine rings is 1. The number of amides is 1. The quantitative estimate of drug-likeness (QED) is 0.345. The summed E-state index contributed by atoms with van der Waals surface area (Å²) in [6.07, 6.45) is 5.80. The van der Waals surface area contributed by atoms with Crippen LogP contribution in [0.15, 0.2) is 48.8 Å². The Bertz CT molecular complexity index is 1330. The maximum Gasteiger partial charge on any atom is 0.270 e. The number of nitrogens with zero attached hydrogens (tertiary/aromatic N) is 3. The molecule has 1 fully saturated rings. The lowest BCUT2D eigenvalue weighted by molar-refractivity contribution is -0.0402. The number of fused-ring (bicyclic) bond motifs is 1. The molecule has 0 unspecified atom stereocenters. The van der Waals surface area contributed by atoms with Crippen LogP contribution in [0.1, 0.15) is 54.7 Å². The maximum atomic E-state index is 14.0. The highest BCUT2D eigenvalue weighted by molar-refractivity contribution is 6.33. The van der Waals surface area contributed by atoms with Gasteiger partial charge >= 0.3 is 0 Å². The van der Waals surface area contributed by atoms with Gasteiger partial charge in [0, 0.05) is 49.2 Å². The third-order valence-corrected chi connectivity index (χ3v) is 8.07. The number of aromatic nitrogens is 2. The second-order valence-corrected chi connectivity index (χ2v) is 11.5. The zero-order valence-electron chi connectivity index (χ0n) is 21.8. The minimum atomic E-state index is -0.939.